The van der Waals surface area contributed by atoms with Gasteiger partial charge in [-0.1, -0.05) is 18.2 Å². The minimum atomic E-state index is -4.32. The maximum Gasteiger partial charge on any atom is 0.416 e. The lowest BCUT2D eigenvalue weighted by Gasteiger charge is -2.35. The van der Waals surface area contributed by atoms with Crippen molar-refractivity contribution in [3.8, 4) is 0 Å². The molecule has 0 unspecified atom stereocenters. The predicted octanol–water partition coefficient (Wildman–Crippen LogP) is 2.47. The van der Waals surface area contributed by atoms with Crippen LogP contribution < -0.4 is 4.90 Å². The van der Waals surface area contributed by atoms with Crippen LogP contribution in [0.25, 0.3) is 5.65 Å². The summed E-state index contributed by atoms with van der Waals surface area (Å²) in [7, 11) is 0. The predicted molar refractivity (Wildman–Crippen MR) is 89.7 cm³/mol. The fourth-order valence-electron chi connectivity index (χ4n) is 3.20. The SMILES string of the molecule is FC(F)(F)c1ccccc1CN1CCN(c2ccc3nncn3n2)CC1. The smallest absolute Gasteiger partial charge is 0.353 e. The van der Waals surface area contributed by atoms with Gasteiger partial charge in [0.15, 0.2) is 5.65 Å². The number of alkyl halides is 3. The van der Waals surface area contributed by atoms with Crippen molar-refractivity contribution in [3.63, 3.8) is 0 Å². The van der Waals surface area contributed by atoms with Gasteiger partial charge in [0, 0.05) is 32.7 Å². The molecule has 4 rings (SSSR count). The van der Waals surface area contributed by atoms with Crippen LogP contribution in [0, 0.1) is 0 Å². The first kappa shape index (κ1) is 16.8. The fourth-order valence-corrected chi connectivity index (χ4v) is 3.20. The molecule has 0 saturated carbocycles. The van der Waals surface area contributed by atoms with Gasteiger partial charge in [-0.15, -0.1) is 15.3 Å². The molecule has 3 heterocycles. The lowest BCUT2D eigenvalue weighted by molar-refractivity contribution is -0.138. The third-order valence-electron chi connectivity index (χ3n) is 4.56. The van der Waals surface area contributed by atoms with E-state index in [4.69, 9.17) is 0 Å². The molecule has 136 valence electrons. The van der Waals surface area contributed by atoms with Gasteiger partial charge in [0.05, 0.1) is 5.56 Å². The van der Waals surface area contributed by atoms with E-state index in [0.29, 0.717) is 43.9 Å². The number of hydrogen-bond acceptors (Lipinski definition) is 5. The highest BCUT2D eigenvalue weighted by Gasteiger charge is 2.33. The van der Waals surface area contributed by atoms with Gasteiger partial charge in [-0.2, -0.15) is 17.7 Å². The van der Waals surface area contributed by atoms with Crippen molar-refractivity contribution in [1.82, 2.24) is 24.7 Å². The zero-order valence-electron chi connectivity index (χ0n) is 13.9. The third-order valence-corrected chi connectivity index (χ3v) is 4.56. The molecular formula is C17H17F3N6. The number of rotatable bonds is 3. The molecule has 0 amide bonds. The van der Waals surface area contributed by atoms with E-state index in [1.54, 1.807) is 23.0 Å². The summed E-state index contributed by atoms with van der Waals surface area (Å²) in [6.45, 7) is 3.05. The van der Waals surface area contributed by atoms with Gasteiger partial charge in [-0.05, 0) is 23.8 Å². The number of fused-ring (bicyclic) bond motifs is 1. The Morgan fingerprint density at radius 2 is 1.73 bits per heavy atom. The summed E-state index contributed by atoms with van der Waals surface area (Å²) >= 11 is 0. The van der Waals surface area contributed by atoms with Gasteiger partial charge in [0.25, 0.3) is 0 Å². The second kappa shape index (κ2) is 6.56. The van der Waals surface area contributed by atoms with Crippen molar-refractivity contribution >= 4 is 11.5 Å². The van der Waals surface area contributed by atoms with Crippen molar-refractivity contribution in [3.05, 3.63) is 53.9 Å². The molecule has 1 aliphatic rings. The van der Waals surface area contributed by atoms with Crippen LogP contribution in [0.3, 0.4) is 0 Å². The Bertz CT molecular complexity index is 899. The molecule has 26 heavy (non-hydrogen) atoms. The van der Waals surface area contributed by atoms with Crippen LogP contribution in [0.4, 0.5) is 19.0 Å². The summed E-state index contributed by atoms with van der Waals surface area (Å²) in [5.41, 5.74) is 0.441. The molecule has 3 aromatic rings. The Morgan fingerprint density at radius 3 is 2.50 bits per heavy atom. The van der Waals surface area contributed by atoms with Crippen molar-refractivity contribution in [2.75, 3.05) is 31.1 Å². The molecule has 0 radical (unpaired) electrons. The highest BCUT2D eigenvalue weighted by Crippen LogP contribution is 2.32. The number of benzene rings is 1. The van der Waals surface area contributed by atoms with Crippen molar-refractivity contribution in [1.29, 1.82) is 0 Å². The van der Waals surface area contributed by atoms with E-state index in [1.165, 1.54) is 6.07 Å². The summed E-state index contributed by atoms with van der Waals surface area (Å²) in [6, 6.07) is 9.51. The molecule has 0 N–H and O–H groups in total. The van der Waals surface area contributed by atoms with Crippen LogP contribution in [0.2, 0.25) is 0 Å². The summed E-state index contributed by atoms with van der Waals surface area (Å²) in [5.74, 6) is 0.813. The van der Waals surface area contributed by atoms with Crippen LogP contribution in [0.15, 0.2) is 42.7 Å². The first-order chi connectivity index (χ1) is 12.5. The summed E-state index contributed by atoms with van der Waals surface area (Å²) in [5, 5.41) is 12.2. The zero-order chi connectivity index (χ0) is 18.1. The Balaban J connectivity index is 1.43. The number of nitrogens with zero attached hydrogens (tertiary/aromatic N) is 6. The first-order valence-electron chi connectivity index (χ1n) is 8.30. The summed E-state index contributed by atoms with van der Waals surface area (Å²) in [6.07, 6.45) is -2.78. The van der Waals surface area contributed by atoms with Gasteiger partial charge in [0.2, 0.25) is 0 Å². The summed E-state index contributed by atoms with van der Waals surface area (Å²) in [4.78, 5) is 4.16. The standard InChI is InChI=1S/C17H17F3N6/c18-17(19,20)14-4-2-1-3-13(14)11-24-7-9-25(10-8-24)16-6-5-15-22-21-12-26(15)23-16/h1-6,12H,7-11H2. The number of anilines is 1. The molecule has 1 fully saturated rings. The minimum Gasteiger partial charge on any atom is -0.353 e. The van der Waals surface area contributed by atoms with E-state index in [9.17, 15) is 13.2 Å². The number of hydrogen-bond donors (Lipinski definition) is 0. The zero-order valence-corrected chi connectivity index (χ0v) is 13.9. The van der Waals surface area contributed by atoms with Crippen molar-refractivity contribution in [2.45, 2.75) is 12.7 Å². The number of piperazine rings is 1. The highest BCUT2D eigenvalue weighted by atomic mass is 19.4. The maximum atomic E-state index is 13.1. The second-order valence-corrected chi connectivity index (χ2v) is 6.24. The molecule has 0 aliphatic carbocycles. The Hall–Kier alpha value is -2.68. The highest BCUT2D eigenvalue weighted by molar-refractivity contribution is 5.45. The van der Waals surface area contributed by atoms with E-state index < -0.39 is 11.7 Å². The van der Waals surface area contributed by atoms with Gasteiger partial charge < -0.3 is 4.90 Å². The monoisotopic (exact) mass is 362 g/mol. The lowest BCUT2D eigenvalue weighted by Crippen LogP contribution is -2.46. The lowest BCUT2D eigenvalue weighted by atomic mass is 10.1. The molecule has 6 nitrogen and oxygen atoms in total. The first-order valence-corrected chi connectivity index (χ1v) is 8.30. The van der Waals surface area contributed by atoms with Gasteiger partial charge in [-0.3, -0.25) is 4.90 Å². The van der Waals surface area contributed by atoms with E-state index in [0.717, 1.165) is 11.9 Å². The van der Waals surface area contributed by atoms with Gasteiger partial charge >= 0.3 is 6.18 Å². The molecule has 0 atom stereocenters. The Kier molecular flexibility index (Phi) is 4.23. The molecule has 1 aromatic carbocycles. The van der Waals surface area contributed by atoms with Crippen molar-refractivity contribution < 1.29 is 13.2 Å². The van der Waals surface area contributed by atoms with Gasteiger partial charge in [0.1, 0.15) is 12.1 Å². The Labute approximate surface area is 147 Å². The van der Waals surface area contributed by atoms with Crippen LogP contribution in [-0.2, 0) is 12.7 Å². The molecule has 1 aliphatic heterocycles. The van der Waals surface area contributed by atoms with Crippen molar-refractivity contribution in [2.24, 2.45) is 0 Å². The fraction of sp³-hybridized carbons (Fsp3) is 0.353. The van der Waals surface area contributed by atoms with E-state index in [1.807, 2.05) is 17.0 Å². The van der Waals surface area contributed by atoms with Gasteiger partial charge in [-0.25, -0.2) is 0 Å². The molecule has 2 aromatic heterocycles. The number of aromatic nitrogens is 4. The van der Waals surface area contributed by atoms with Crippen LogP contribution in [-0.4, -0.2) is 50.9 Å². The normalized spacial score (nSPS) is 16.3. The Morgan fingerprint density at radius 1 is 0.962 bits per heavy atom. The van der Waals surface area contributed by atoms with E-state index in [-0.39, 0.29) is 0 Å². The van der Waals surface area contributed by atoms with Crippen LogP contribution in [0.5, 0.6) is 0 Å². The quantitative estimate of drug-likeness (QED) is 0.716. The van der Waals surface area contributed by atoms with E-state index in [2.05, 4.69) is 20.2 Å². The molecule has 0 spiro atoms. The third kappa shape index (κ3) is 3.34. The summed E-state index contributed by atoms with van der Waals surface area (Å²) < 4.78 is 41.0. The average molecular weight is 362 g/mol. The maximum absolute atomic E-state index is 13.1. The molecule has 1 saturated heterocycles. The second-order valence-electron chi connectivity index (χ2n) is 6.24. The topological polar surface area (TPSA) is 49.6 Å². The number of halogens is 3. The molecule has 0 bridgehead atoms. The molecular weight excluding hydrogens is 345 g/mol. The largest absolute Gasteiger partial charge is 0.416 e. The average Bonchev–Trinajstić information content (AvgIpc) is 3.10. The molecule has 9 heteroatoms. The van der Waals surface area contributed by atoms with Crippen LogP contribution >= 0.6 is 0 Å². The minimum absolute atomic E-state index is 0.293. The van der Waals surface area contributed by atoms with E-state index >= 15 is 0 Å². The van der Waals surface area contributed by atoms with Crippen LogP contribution in [0.1, 0.15) is 11.1 Å².